The van der Waals surface area contributed by atoms with Gasteiger partial charge in [0.2, 0.25) is 5.91 Å². The maximum absolute atomic E-state index is 14.4. The van der Waals surface area contributed by atoms with Crippen molar-refractivity contribution in [3.8, 4) is 5.75 Å². The molecule has 2 aliphatic rings. The van der Waals surface area contributed by atoms with E-state index >= 15 is 0 Å². The molecule has 5 atom stereocenters. The van der Waals surface area contributed by atoms with E-state index in [0.29, 0.717) is 37.4 Å². The molecule has 3 N–H and O–H groups in total. The summed E-state index contributed by atoms with van der Waals surface area (Å²) in [5, 5.41) is 11.7. The van der Waals surface area contributed by atoms with Gasteiger partial charge in [0.1, 0.15) is 18.1 Å². The number of carbonyl (C=O) groups is 3. The van der Waals surface area contributed by atoms with E-state index < -0.39 is 35.2 Å². The Morgan fingerprint density at radius 2 is 1.59 bits per heavy atom. The lowest BCUT2D eigenvalue weighted by molar-refractivity contribution is -0.142. The number of aliphatic hydroxyl groups excluding tert-OH is 1. The Morgan fingerprint density at radius 1 is 0.955 bits per heavy atom. The molecule has 0 bridgehead atoms. The van der Waals surface area contributed by atoms with E-state index in [4.69, 9.17) is 15.2 Å². The fourth-order valence-corrected chi connectivity index (χ4v) is 6.57. The Morgan fingerprint density at radius 3 is 2.20 bits per heavy atom. The molecule has 5 rings (SSSR count). The van der Waals surface area contributed by atoms with Crippen LogP contribution in [0.3, 0.4) is 0 Å². The highest BCUT2D eigenvalue weighted by Crippen LogP contribution is 2.48. The van der Waals surface area contributed by atoms with E-state index in [9.17, 15) is 19.5 Å². The van der Waals surface area contributed by atoms with Crippen molar-refractivity contribution in [3.63, 3.8) is 0 Å². The number of carbonyl (C=O) groups excluding carboxylic acids is 3. The van der Waals surface area contributed by atoms with Gasteiger partial charge in [0, 0.05) is 11.6 Å². The van der Waals surface area contributed by atoms with Gasteiger partial charge < -0.3 is 25.2 Å². The van der Waals surface area contributed by atoms with Crippen LogP contribution in [-0.4, -0.2) is 54.2 Å². The summed E-state index contributed by atoms with van der Waals surface area (Å²) < 4.78 is 12.3. The highest BCUT2D eigenvalue weighted by atomic mass is 16.5. The quantitative estimate of drug-likeness (QED) is 0.290. The van der Waals surface area contributed by atoms with E-state index in [1.54, 1.807) is 6.07 Å². The van der Waals surface area contributed by atoms with Crippen LogP contribution in [0.1, 0.15) is 35.6 Å². The summed E-state index contributed by atoms with van der Waals surface area (Å²) in [6.07, 6.45) is 0.968. The summed E-state index contributed by atoms with van der Waals surface area (Å²) >= 11 is 0. The van der Waals surface area contributed by atoms with Gasteiger partial charge in [-0.1, -0.05) is 72.8 Å². The molecule has 0 aromatic heterocycles. The molecule has 230 valence electrons. The molecule has 3 aromatic rings. The number of amides is 1. The molecule has 0 aliphatic heterocycles. The van der Waals surface area contributed by atoms with E-state index in [2.05, 4.69) is 0 Å². The second kappa shape index (κ2) is 13.6. The first-order chi connectivity index (χ1) is 21.2. The lowest BCUT2D eigenvalue weighted by Crippen LogP contribution is -2.53. The SMILES string of the molecule is CC(C(N)=O)C(=O)C1C(=O)C2=C(O)c3c(cccc3OCc3ccccc3)C[C@H]2C[C@H]1[C@@H](COCc1ccccc1)N(C)C. The number of aliphatic hydroxyl groups is 1. The molecule has 0 saturated heterocycles. The average Bonchev–Trinajstić information content (AvgIpc) is 3.02. The van der Waals surface area contributed by atoms with Gasteiger partial charge in [-0.15, -0.1) is 0 Å². The fraction of sp³-hybridized carbons (Fsp3) is 0.361. The normalized spacial score (nSPS) is 20.9. The summed E-state index contributed by atoms with van der Waals surface area (Å²) in [6.45, 7) is 2.40. The van der Waals surface area contributed by atoms with E-state index in [-0.39, 0.29) is 29.9 Å². The first kappa shape index (κ1) is 31.2. The molecule has 0 radical (unpaired) electrons. The van der Waals surface area contributed by atoms with Crippen LogP contribution in [0.25, 0.3) is 5.76 Å². The van der Waals surface area contributed by atoms with Crippen LogP contribution in [-0.2, 0) is 38.8 Å². The molecule has 1 saturated carbocycles. The third-order valence-corrected chi connectivity index (χ3v) is 8.97. The van der Waals surface area contributed by atoms with Gasteiger partial charge in [0.25, 0.3) is 0 Å². The number of ketones is 2. The maximum atomic E-state index is 14.4. The second-order valence-electron chi connectivity index (χ2n) is 12.0. The molecule has 3 aromatic carbocycles. The van der Waals surface area contributed by atoms with Gasteiger partial charge in [0.15, 0.2) is 11.6 Å². The Bertz CT molecular complexity index is 1530. The minimum atomic E-state index is -1.16. The zero-order valence-electron chi connectivity index (χ0n) is 25.4. The number of benzene rings is 3. The van der Waals surface area contributed by atoms with E-state index in [1.165, 1.54) is 6.92 Å². The Labute approximate surface area is 258 Å². The molecule has 1 amide bonds. The molecular formula is C36H40N2O6. The van der Waals surface area contributed by atoms with Crippen molar-refractivity contribution in [2.24, 2.45) is 29.4 Å². The highest BCUT2D eigenvalue weighted by molar-refractivity contribution is 6.18. The van der Waals surface area contributed by atoms with Crippen LogP contribution in [0.15, 0.2) is 84.4 Å². The van der Waals surface area contributed by atoms with Crippen molar-refractivity contribution >= 4 is 23.2 Å². The lowest BCUT2D eigenvalue weighted by atomic mass is 9.61. The van der Waals surface area contributed by atoms with Crippen LogP contribution >= 0.6 is 0 Å². The molecular weight excluding hydrogens is 556 g/mol. The van der Waals surface area contributed by atoms with E-state index in [0.717, 1.165) is 16.7 Å². The number of ether oxygens (including phenoxy) is 2. The molecule has 2 unspecified atom stereocenters. The number of hydrogen-bond donors (Lipinski definition) is 2. The minimum Gasteiger partial charge on any atom is -0.507 e. The van der Waals surface area contributed by atoms with Gasteiger partial charge in [-0.2, -0.15) is 0 Å². The molecule has 0 heterocycles. The van der Waals surface area contributed by atoms with Gasteiger partial charge in [-0.05, 0) is 68.5 Å². The first-order valence-electron chi connectivity index (χ1n) is 15.0. The van der Waals surface area contributed by atoms with Crippen LogP contribution in [0.2, 0.25) is 0 Å². The number of nitrogens with two attached hydrogens (primary N) is 1. The average molecular weight is 597 g/mol. The number of primary amides is 1. The summed E-state index contributed by atoms with van der Waals surface area (Å²) in [7, 11) is 3.80. The van der Waals surface area contributed by atoms with Crippen LogP contribution in [0.4, 0.5) is 0 Å². The second-order valence-corrected chi connectivity index (χ2v) is 12.0. The summed E-state index contributed by atoms with van der Waals surface area (Å²) in [4.78, 5) is 42.3. The zero-order chi connectivity index (χ0) is 31.4. The monoisotopic (exact) mass is 596 g/mol. The Kier molecular flexibility index (Phi) is 9.61. The molecule has 0 spiro atoms. The Hall–Kier alpha value is -4.27. The number of hydrogen-bond acceptors (Lipinski definition) is 7. The van der Waals surface area contributed by atoms with Crippen LogP contribution in [0, 0.1) is 23.7 Å². The van der Waals surface area contributed by atoms with E-state index in [1.807, 2.05) is 91.8 Å². The van der Waals surface area contributed by atoms with Crippen LogP contribution in [0.5, 0.6) is 5.75 Å². The number of likely N-dealkylation sites (N-methyl/N-ethyl adjacent to an activating group) is 1. The number of fused-ring (bicyclic) bond motifs is 2. The highest BCUT2D eigenvalue weighted by Gasteiger charge is 2.51. The van der Waals surface area contributed by atoms with Crippen LogP contribution < -0.4 is 10.5 Å². The smallest absolute Gasteiger partial charge is 0.227 e. The van der Waals surface area contributed by atoms with Crippen molar-refractivity contribution in [2.75, 3.05) is 20.7 Å². The van der Waals surface area contributed by atoms with Gasteiger partial charge in [-0.3, -0.25) is 14.4 Å². The van der Waals surface area contributed by atoms with Crippen molar-refractivity contribution < 1.29 is 29.0 Å². The fourth-order valence-electron chi connectivity index (χ4n) is 6.57. The van der Waals surface area contributed by atoms with Crippen molar-refractivity contribution in [3.05, 3.63) is 107 Å². The number of allylic oxidation sites excluding steroid dienone is 1. The standard InChI is InChI=1S/C36H40N2O6/c1-22(36(37)42)33(39)32-27(28(38(2)3)21-43-19-23-11-6-4-7-12-23)18-26-17-25-15-10-16-29(30(25)34(40)31(26)35(32)41)44-20-24-13-8-5-9-14-24/h4-16,22,26-28,32,40H,17-21H2,1-3H3,(H2,37,42)/t22?,26-,27-,28+,32?/m0/s1. The third-order valence-electron chi connectivity index (χ3n) is 8.97. The number of Topliss-reactive ketones (excluding diaryl/α,β-unsaturated/α-hetero) is 2. The zero-order valence-corrected chi connectivity index (χ0v) is 25.4. The van der Waals surface area contributed by atoms with Crippen molar-refractivity contribution in [2.45, 2.75) is 39.0 Å². The molecule has 2 aliphatic carbocycles. The first-order valence-corrected chi connectivity index (χ1v) is 15.0. The molecule has 1 fully saturated rings. The Balaban J connectivity index is 1.48. The molecule has 44 heavy (non-hydrogen) atoms. The van der Waals surface area contributed by atoms with Gasteiger partial charge >= 0.3 is 0 Å². The lowest BCUT2D eigenvalue weighted by Gasteiger charge is -2.44. The predicted molar refractivity (Wildman–Crippen MR) is 168 cm³/mol. The summed E-state index contributed by atoms with van der Waals surface area (Å²) in [5.74, 6) is -4.53. The topological polar surface area (TPSA) is 119 Å². The molecule has 8 heteroatoms. The number of nitrogens with zero attached hydrogens (tertiary/aromatic N) is 1. The minimum absolute atomic E-state index is 0.158. The van der Waals surface area contributed by atoms with Gasteiger partial charge in [-0.25, -0.2) is 0 Å². The van der Waals surface area contributed by atoms with Crippen molar-refractivity contribution in [1.29, 1.82) is 0 Å². The third kappa shape index (κ3) is 6.47. The number of rotatable bonds is 12. The van der Waals surface area contributed by atoms with Gasteiger partial charge in [0.05, 0.1) is 30.6 Å². The largest absolute Gasteiger partial charge is 0.507 e. The molecule has 8 nitrogen and oxygen atoms in total. The van der Waals surface area contributed by atoms with Crippen molar-refractivity contribution in [1.82, 2.24) is 4.90 Å². The predicted octanol–water partition coefficient (Wildman–Crippen LogP) is 4.75. The summed E-state index contributed by atoms with van der Waals surface area (Å²) in [6, 6.07) is 24.8. The maximum Gasteiger partial charge on any atom is 0.227 e. The summed E-state index contributed by atoms with van der Waals surface area (Å²) in [5.41, 5.74) is 9.12.